The molecule has 2 aromatic carbocycles. The zero-order chi connectivity index (χ0) is 17.7. The van der Waals surface area contributed by atoms with Gasteiger partial charge in [-0.25, -0.2) is 9.18 Å². The number of nitrogens with one attached hydrogen (secondary N) is 1. The van der Waals surface area contributed by atoms with Crippen molar-refractivity contribution >= 4 is 46.7 Å². The van der Waals surface area contributed by atoms with E-state index in [1.165, 1.54) is 6.07 Å². The van der Waals surface area contributed by atoms with Crippen LogP contribution in [0.25, 0.3) is 0 Å². The number of hydrogen-bond donors (Lipinski definition) is 1. The van der Waals surface area contributed by atoms with E-state index in [-0.39, 0.29) is 17.1 Å². The summed E-state index contributed by atoms with van der Waals surface area (Å²) in [4.78, 5) is 23.5. The lowest BCUT2D eigenvalue weighted by Crippen LogP contribution is -2.28. The fourth-order valence-corrected chi connectivity index (χ4v) is 2.49. The predicted molar refractivity (Wildman–Crippen MR) is 90.0 cm³/mol. The van der Waals surface area contributed by atoms with Crippen molar-refractivity contribution in [3.8, 4) is 0 Å². The summed E-state index contributed by atoms with van der Waals surface area (Å²) in [6.07, 6.45) is 0. The number of hydrogen-bond acceptors (Lipinski definition) is 3. The molecule has 0 unspecified atom stereocenters. The van der Waals surface area contributed by atoms with Gasteiger partial charge in [-0.15, -0.1) is 0 Å². The number of carbonyl (C=O) groups is 2. The molecule has 0 atom stereocenters. The predicted octanol–water partition coefficient (Wildman–Crippen LogP) is 4.26. The van der Waals surface area contributed by atoms with E-state index in [9.17, 15) is 14.0 Å². The molecule has 0 aliphatic heterocycles. The van der Waals surface area contributed by atoms with Crippen molar-refractivity contribution in [3.63, 3.8) is 0 Å². The van der Waals surface area contributed by atoms with E-state index < -0.39 is 24.3 Å². The van der Waals surface area contributed by atoms with Gasteiger partial charge in [-0.3, -0.25) is 4.79 Å². The molecule has 0 fully saturated rings. The number of benzene rings is 2. The maximum atomic E-state index is 12.9. The van der Waals surface area contributed by atoms with E-state index in [1.807, 2.05) is 0 Å². The molecule has 0 heterocycles. The van der Waals surface area contributed by atoms with Crippen molar-refractivity contribution in [3.05, 3.63) is 68.4 Å². The molecule has 0 saturated carbocycles. The van der Waals surface area contributed by atoms with Gasteiger partial charge in [-0.2, -0.15) is 0 Å². The van der Waals surface area contributed by atoms with Gasteiger partial charge in [0.05, 0.1) is 10.6 Å². The smallest absolute Gasteiger partial charge is 0.340 e. The normalized spacial score (nSPS) is 10.3. The van der Waals surface area contributed by atoms with Gasteiger partial charge in [-0.1, -0.05) is 40.9 Å². The number of halogens is 4. The molecule has 8 heteroatoms. The van der Waals surface area contributed by atoms with Crippen LogP contribution in [0.3, 0.4) is 0 Å². The lowest BCUT2D eigenvalue weighted by Gasteiger charge is -2.09. The molecule has 24 heavy (non-hydrogen) atoms. The highest BCUT2D eigenvalue weighted by Crippen LogP contribution is 2.21. The van der Waals surface area contributed by atoms with E-state index in [4.69, 9.17) is 39.5 Å². The standard InChI is InChI=1S/C16H11Cl3FNO3/c17-10-2-1-9(13(18)5-10)7-21-15(22)8-24-16(23)12-4-3-11(20)6-14(12)19/h1-6H,7-8H2,(H,21,22). The Morgan fingerprint density at radius 2 is 1.79 bits per heavy atom. The summed E-state index contributed by atoms with van der Waals surface area (Å²) in [6.45, 7) is -0.346. The summed E-state index contributed by atoms with van der Waals surface area (Å²) in [5.74, 6) is -1.92. The number of amides is 1. The zero-order valence-electron chi connectivity index (χ0n) is 12.1. The maximum Gasteiger partial charge on any atom is 0.340 e. The molecule has 126 valence electrons. The highest BCUT2D eigenvalue weighted by atomic mass is 35.5. The minimum Gasteiger partial charge on any atom is -0.452 e. The van der Waals surface area contributed by atoms with Crippen molar-refractivity contribution in [1.82, 2.24) is 5.32 Å². The van der Waals surface area contributed by atoms with Crippen LogP contribution in [-0.2, 0) is 16.1 Å². The van der Waals surface area contributed by atoms with Crippen LogP contribution < -0.4 is 5.32 Å². The van der Waals surface area contributed by atoms with E-state index in [0.717, 1.165) is 12.1 Å². The molecule has 1 N–H and O–H groups in total. The number of rotatable bonds is 5. The molecule has 0 aliphatic rings. The highest BCUT2D eigenvalue weighted by molar-refractivity contribution is 6.35. The first-order valence-electron chi connectivity index (χ1n) is 6.69. The first-order valence-corrected chi connectivity index (χ1v) is 7.83. The molecule has 0 spiro atoms. The molecular formula is C16H11Cl3FNO3. The van der Waals surface area contributed by atoms with E-state index in [0.29, 0.717) is 15.6 Å². The van der Waals surface area contributed by atoms with Gasteiger partial charge in [0, 0.05) is 16.6 Å². The summed E-state index contributed by atoms with van der Waals surface area (Å²) in [6, 6.07) is 8.12. The Morgan fingerprint density at radius 1 is 1.04 bits per heavy atom. The number of carbonyl (C=O) groups excluding carboxylic acids is 2. The largest absolute Gasteiger partial charge is 0.452 e. The van der Waals surface area contributed by atoms with Gasteiger partial charge in [0.15, 0.2) is 6.61 Å². The average Bonchev–Trinajstić information content (AvgIpc) is 2.51. The van der Waals surface area contributed by atoms with Crippen molar-refractivity contribution < 1.29 is 18.7 Å². The van der Waals surface area contributed by atoms with E-state index in [1.54, 1.807) is 18.2 Å². The Bertz CT molecular complexity index is 783. The van der Waals surface area contributed by atoms with Crippen LogP contribution in [0.1, 0.15) is 15.9 Å². The van der Waals surface area contributed by atoms with Crippen molar-refractivity contribution in [2.45, 2.75) is 6.54 Å². The Morgan fingerprint density at radius 3 is 2.46 bits per heavy atom. The topological polar surface area (TPSA) is 55.4 Å². The molecule has 0 saturated heterocycles. The van der Waals surface area contributed by atoms with Crippen LogP contribution in [0.4, 0.5) is 4.39 Å². The Kier molecular flexibility index (Phi) is 6.43. The van der Waals surface area contributed by atoms with Gasteiger partial charge < -0.3 is 10.1 Å². The van der Waals surface area contributed by atoms with Crippen LogP contribution >= 0.6 is 34.8 Å². The second-order valence-corrected chi connectivity index (χ2v) is 5.96. The quantitative estimate of drug-likeness (QED) is 0.776. The third kappa shape index (κ3) is 5.09. The second kappa shape index (κ2) is 8.33. The van der Waals surface area contributed by atoms with Crippen LogP contribution in [0, 0.1) is 5.82 Å². The fraction of sp³-hybridized carbons (Fsp3) is 0.125. The van der Waals surface area contributed by atoms with E-state index >= 15 is 0 Å². The van der Waals surface area contributed by atoms with Gasteiger partial charge in [-0.05, 0) is 35.9 Å². The Labute approximate surface area is 152 Å². The van der Waals surface area contributed by atoms with Crippen molar-refractivity contribution in [2.24, 2.45) is 0 Å². The summed E-state index contributed by atoms with van der Waals surface area (Å²) in [5.41, 5.74) is 0.647. The molecule has 0 radical (unpaired) electrons. The first kappa shape index (κ1) is 18.5. The van der Waals surface area contributed by atoms with Crippen LogP contribution in [0.5, 0.6) is 0 Å². The highest BCUT2D eigenvalue weighted by Gasteiger charge is 2.14. The first-order chi connectivity index (χ1) is 11.4. The molecule has 4 nitrogen and oxygen atoms in total. The average molecular weight is 391 g/mol. The second-order valence-electron chi connectivity index (χ2n) is 4.71. The minimum absolute atomic E-state index is 0.0217. The van der Waals surface area contributed by atoms with Crippen LogP contribution in [0.2, 0.25) is 15.1 Å². The van der Waals surface area contributed by atoms with Gasteiger partial charge in [0.25, 0.3) is 5.91 Å². The molecule has 1 amide bonds. The van der Waals surface area contributed by atoms with Gasteiger partial charge >= 0.3 is 5.97 Å². The molecular weight excluding hydrogens is 380 g/mol. The molecule has 0 aliphatic carbocycles. The molecule has 2 aromatic rings. The Balaban J connectivity index is 1.85. The summed E-state index contributed by atoms with van der Waals surface area (Å²) < 4.78 is 17.8. The SMILES string of the molecule is O=C(COC(=O)c1ccc(F)cc1Cl)NCc1ccc(Cl)cc1Cl. The lowest BCUT2D eigenvalue weighted by atomic mass is 10.2. The van der Waals surface area contributed by atoms with E-state index in [2.05, 4.69) is 5.32 Å². The van der Waals surface area contributed by atoms with Crippen molar-refractivity contribution in [1.29, 1.82) is 0 Å². The van der Waals surface area contributed by atoms with Gasteiger partial charge in [0.1, 0.15) is 5.82 Å². The fourth-order valence-electron chi connectivity index (χ4n) is 1.77. The maximum absolute atomic E-state index is 12.9. The lowest BCUT2D eigenvalue weighted by molar-refractivity contribution is -0.124. The summed E-state index contributed by atoms with van der Waals surface area (Å²) >= 11 is 17.5. The minimum atomic E-state index is -0.820. The number of esters is 1. The third-order valence-electron chi connectivity index (χ3n) is 2.98. The van der Waals surface area contributed by atoms with Crippen LogP contribution in [0.15, 0.2) is 36.4 Å². The monoisotopic (exact) mass is 389 g/mol. The zero-order valence-corrected chi connectivity index (χ0v) is 14.4. The molecule has 2 rings (SSSR count). The molecule has 0 bridgehead atoms. The third-order valence-corrected chi connectivity index (χ3v) is 3.88. The molecule has 0 aromatic heterocycles. The van der Waals surface area contributed by atoms with Gasteiger partial charge in [0.2, 0.25) is 0 Å². The summed E-state index contributed by atoms with van der Waals surface area (Å²) in [7, 11) is 0. The Hall–Kier alpha value is -1.82. The number of ether oxygens (including phenoxy) is 1. The van der Waals surface area contributed by atoms with Crippen molar-refractivity contribution in [2.75, 3.05) is 6.61 Å². The van der Waals surface area contributed by atoms with Crippen LogP contribution in [-0.4, -0.2) is 18.5 Å². The summed E-state index contributed by atoms with van der Waals surface area (Å²) in [5, 5.41) is 3.36.